The SMILES string of the molecule is COC(=O)[C@H](C)Oc1cc(Oc2c(/C=N\OCC#N)c(C)nn2C)c(Cl)cc1Cl. The fourth-order valence-corrected chi connectivity index (χ4v) is 2.73. The van der Waals surface area contributed by atoms with Crippen LogP contribution in [0.25, 0.3) is 0 Å². The van der Waals surface area contributed by atoms with Gasteiger partial charge in [0.25, 0.3) is 0 Å². The molecule has 0 saturated heterocycles. The summed E-state index contributed by atoms with van der Waals surface area (Å²) >= 11 is 12.4. The first-order chi connectivity index (χ1) is 13.8. The van der Waals surface area contributed by atoms with Crippen molar-refractivity contribution in [2.24, 2.45) is 12.2 Å². The topological polar surface area (TPSA) is 108 Å². The summed E-state index contributed by atoms with van der Waals surface area (Å²) in [4.78, 5) is 16.4. The van der Waals surface area contributed by atoms with Gasteiger partial charge in [0, 0.05) is 13.1 Å². The molecule has 154 valence electrons. The summed E-state index contributed by atoms with van der Waals surface area (Å²) in [5.74, 6) is 0.175. The Kier molecular flexibility index (Phi) is 7.70. The fraction of sp³-hybridized carbons (Fsp3) is 0.333. The van der Waals surface area contributed by atoms with E-state index < -0.39 is 12.1 Å². The van der Waals surface area contributed by atoms with Gasteiger partial charge < -0.3 is 19.0 Å². The molecule has 2 aromatic rings. The van der Waals surface area contributed by atoms with Crippen molar-refractivity contribution in [2.75, 3.05) is 13.7 Å². The fourth-order valence-electron chi connectivity index (χ4n) is 2.27. The first-order valence-electron chi connectivity index (χ1n) is 8.25. The lowest BCUT2D eigenvalue weighted by Gasteiger charge is -2.16. The monoisotopic (exact) mass is 440 g/mol. The molecule has 0 radical (unpaired) electrons. The number of aryl methyl sites for hydroxylation is 2. The smallest absolute Gasteiger partial charge is 0.346 e. The van der Waals surface area contributed by atoms with E-state index in [1.165, 1.54) is 37.1 Å². The molecule has 0 aliphatic heterocycles. The summed E-state index contributed by atoms with van der Waals surface area (Å²) in [5, 5.41) is 16.9. The lowest BCUT2D eigenvalue weighted by molar-refractivity contribution is -0.147. The lowest BCUT2D eigenvalue weighted by atomic mass is 10.2. The molecule has 29 heavy (non-hydrogen) atoms. The van der Waals surface area contributed by atoms with Crippen LogP contribution in [0.5, 0.6) is 17.4 Å². The quantitative estimate of drug-likeness (QED) is 0.266. The van der Waals surface area contributed by atoms with Gasteiger partial charge in [0.1, 0.15) is 11.8 Å². The molecular formula is C18H18Cl2N4O5. The zero-order valence-corrected chi connectivity index (χ0v) is 17.6. The van der Waals surface area contributed by atoms with Crippen LogP contribution in [0, 0.1) is 18.3 Å². The predicted molar refractivity (Wildman–Crippen MR) is 106 cm³/mol. The average molecular weight is 441 g/mol. The van der Waals surface area contributed by atoms with E-state index in [1.807, 2.05) is 6.07 Å². The molecule has 1 aromatic carbocycles. The minimum Gasteiger partial charge on any atom is -0.477 e. The maximum atomic E-state index is 11.6. The van der Waals surface area contributed by atoms with Crippen LogP contribution in [0.2, 0.25) is 10.0 Å². The van der Waals surface area contributed by atoms with Crippen LogP contribution in [0.1, 0.15) is 18.2 Å². The normalized spacial score (nSPS) is 11.8. The van der Waals surface area contributed by atoms with Gasteiger partial charge in [-0.05, 0) is 19.9 Å². The van der Waals surface area contributed by atoms with E-state index in [0.717, 1.165) is 0 Å². The number of rotatable bonds is 8. The van der Waals surface area contributed by atoms with E-state index in [0.29, 0.717) is 17.1 Å². The number of hydrogen-bond donors (Lipinski definition) is 0. The van der Waals surface area contributed by atoms with Gasteiger partial charge in [-0.25, -0.2) is 9.48 Å². The molecule has 0 fully saturated rings. The van der Waals surface area contributed by atoms with Gasteiger partial charge in [-0.1, -0.05) is 28.4 Å². The number of methoxy groups -OCH3 is 1. The molecule has 9 nitrogen and oxygen atoms in total. The molecule has 0 amide bonds. The van der Waals surface area contributed by atoms with Crippen molar-refractivity contribution >= 4 is 35.4 Å². The van der Waals surface area contributed by atoms with Crippen LogP contribution < -0.4 is 9.47 Å². The molecule has 0 spiro atoms. The maximum absolute atomic E-state index is 11.6. The molecular weight excluding hydrogens is 423 g/mol. The van der Waals surface area contributed by atoms with Crippen LogP contribution in [0.3, 0.4) is 0 Å². The van der Waals surface area contributed by atoms with Gasteiger partial charge >= 0.3 is 5.97 Å². The number of esters is 1. The summed E-state index contributed by atoms with van der Waals surface area (Å²) in [6, 6.07) is 4.70. The van der Waals surface area contributed by atoms with Crippen molar-refractivity contribution in [3.05, 3.63) is 33.4 Å². The number of carbonyl (C=O) groups is 1. The molecule has 1 aromatic heterocycles. The number of hydrogen-bond acceptors (Lipinski definition) is 8. The Morgan fingerprint density at radius 2 is 2.07 bits per heavy atom. The summed E-state index contributed by atoms with van der Waals surface area (Å²) in [6.45, 7) is 3.10. The average Bonchev–Trinajstić information content (AvgIpc) is 2.94. The van der Waals surface area contributed by atoms with Crippen LogP contribution in [0.4, 0.5) is 0 Å². The second kappa shape index (κ2) is 10.0. The molecule has 1 heterocycles. The number of benzene rings is 1. The second-order valence-electron chi connectivity index (χ2n) is 5.69. The van der Waals surface area contributed by atoms with Crippen molar-refractivity contribution in [3.8, 4) is 23.4 Å². The molecule has 11 heteroatoms. The predicted octanol–water partition coefficient (Wildman–Crippen LogP) is 3.64. The third-order valence-electron chi connectivity index (χ3n) is 3.63. The molecule has 1 atom stereocenters. The third kappa shape index (κ3) is 5.53. The molecule has 2 rings (SSSR count). The molecule has 0 unspecified atom stereocenters. The van der Waals surface area contributed by atoms with E-state index in [2.05, 4.69) is 15.0 Å². The number of nitriles is 1. The molecule has 0 aliphatic carbocycles. The van der Waals surface area contributed by atoms with Crippen molar-refractivity contribution in [1.29, 1.82) is 5.26 Å². The Balaban J connectivity index is 2.35. The van der Waals surface area contributed by atoms with E-state index in [4.69, 9.17) is 42.8 Å². The third-order valence-corrected chi connectivity index (χ3v) is 4.22. The molecule has 0 bridgehead atoms. The highest BCUT2D eigenvalue weighted by Crippen LogP contribution is 2.39. The number of halogens is 2. The minimum atomic E-state index is -0.884. The highest BCUT2D eigenvalue weighted by atomic mass is 35.5. The Hall–Kier alpha value is -2.96. The van der Waals surface area contributed by atoms with Gasteiger partial charge in [0.2, 0.25) is 12.5 Å². The summed E-state index contributed by atoms with van der Waals surface area (Å²) < 4.78 is 17.6. The second-order valence-corrected chi connectivity index (χ2v) is 6.51. The van der Waals surface area contributed by atoms with E-state index >= 15 is 0 Å². The van der Waals surface area contributed by atoms with Crippen LogP contribution >= 0.6 is 23.2 Å². The zero-order valence-electron chi connectivity index (χ0n) is 16.1. The minimum absolute atomic E-state index is 0.186. The van der Waals surface area contributed by atoms with Gasteiger partial charge in [-0.15, -0.1) is 0 Å². The highest BCUT2D eigenvalue weighted by Gasteiger charge is 2.20. The summed E-state index contributed by atoms with van der Waals surface area (Å²) in [6.07, 6.45) is 0.501. The number of oxime groups is 1. The first-order valence-corrected chi connectivity index (χ1v) is 9.01. The van der Waals surface area contributed by atoms with Gasteiger partial charge in [-0.2, -0.15) is 10.4 Å². The Morgan fingerprint density at radius 3 is 2.72 bits per heavy atom. The van der Waals surface area contributed by atoms with Crippen molar-refractivity contribution in [3.63, 3.8) is 0 Å². The number of nitrogens with zero attached hydrogens (tertiary/aromatic N) is 4. The van der Waals surface area contributed by atoms with Gasteiger partial charge in [0.05, 0.1) is 34.6 Å². The Bertz CT molecular complexity index is 968. The number of carbonyl (C=O) groups excluding carboxylic acids is 1. The van der Waals surface area contributed by atoms with E-state index in [-0.39, 0.29) is 28.2 Å². The summed E-state index contributed by atoms with van der Waals surface area (Å²) in [7, 11) is 2.94. The van der Waals surface area contributed by atoms with Crippen molar-refractivity contribution in [2.45, 2.75) is 20.0 Å². The summed E-state index contributed by atoms with van der Waals surface area (Å²) in [5.41, 5.74) is 1.15. The van der Waals surface area contributed by atoms with Crippen molar-refractivity contribution in [1.82, 2.24) is 9.78 Å². The Labute approximate surface area is 177 Å². The van der Waals surface area contributed by atoms with Gasteiger partial charge in [0.15, 0.2) is 11.9 Å². The first kappa shape index (κ1) is 22.3. The lowest BCUT2D eigenvalue weighted by Crippen LogP contribution is -2.25. The van der Waals surface area contributed by atoms with E-state index in [9.17, 15) is 4.79 Å². The van der Waals surface area contributed by atoms with Gasteiger partial charge in [-0.3, -0.25) is 0 Å². The molecule has 0 saturated carbocycles. The largest absolute Gasteiger partial charge is 0.477 e. The number of aromatic nitrogens is 2. The maximum Gasteiger partial charge on any atom is 0.346 e. The Morgan fingerprint density at radius 1 is 1.38 bits per heavy atom. The molecule has 0 N–H and O–H groups in total. The molecule has 0 aliphatic rings. The standard InChI is InChI=1S/C18H18Cl2N4O5/c1-10-12(9-22-27-6-5-21)17(24(3)23-10)29-16-8-15(13(19)7-14(16)20)28-11(2)18(25)26-4/h7-9,11H,6H2,1-4H3/b22-9-/t11-/m0/s1. The van der Waals surface area contributed by atoms with E-state index in [1.54, 1.807) is 14.0 Å². The van der Waals surface area contributed by atoms with Crippen LogP contribution in [-0.2, 0) is 21.4 Å². The highest BCUT2D eigenvalue weighted by molar-refractivity contribution is 6.36. The van der Waals surface area contributed by atoms with Crippen LogP contribution in [0.15, 0.2) is 17.3 Å². The number of ether oxygens (including phenoxy) is 3. The van der Waals surface area contributed by atoms with Crippen LogP contribution in [-0.4, -0.2) is 41.8 Å². The zero-order chi connectivity index (χ0) is 21.6. The van der Waals surface area contributed by atoms with Crippen molar-refractivity contribution < 1.29 is 23.8 Å².